The van der Waals surface area contributed by atoms with Crippen molar-refractivity contribution in [3.63, 3.8) is 0 Å². The summed E-state index contributed by atoms with van der Waals surface area (Å²) in [6, 6.07) is 7.79. The molecule has 152 valence electrons. The second kappa shape index (κ2) is 8.95. The van der Waals surface area contributed by atoms with E-state index in [1.54, 1.807) is 19.2 Å². The van der Waals surface area contributed by atoms with Gasteiger partial charge < -0.3 is 4.74 Å². The molecule has 3 rings (SSSR count). The predicted molar refractivity (Wildman–Crippen MR) is 119 cm³/mol. The quantitative estimate of drug-likeness (QED) is 0.605. The smallest absolute Gasteiger partial charge is 0.168 e. The molecular formula is C26H26N2O2. The average Bonchev–Trinajstić information content (AvgIpc) is 2.96. The number of ether oxygens (including phenoxy) is 1. The monoisotopic (exact) mass is 398 g/mol. The summed E-state index contributed by atoms with van der Waals surface area (Å²) in [5.74, 6) is 0.243. The Bertz CT molecular complexity index is 1130. The van der Waals surface area contributed by atoms with Gasteiger partial charge in [0.2, 0.25) is 0 Å². The van der Waals surface area contributed by atoms with Crippen LogP contribution in [0.25, 0.3) is 0 Å². The number of hydrogen-bond acceptors (Lipinski definition) is 4. The number of rotatable bonds is 5. The summed E-state index contributed by atoms with van der Waals surface area (Å²) in [7, 11) is 0. The highest BCUT2D eigenvalue weighted by atomic mass is 16.5. The van der Waals surface area contributed by atoms with Crippen molar-refractivity contribution in [1.29, 1.82) is 5.26 Å². The van der Waals surface area contributed by atoms with Crippen molar-refractivity contribution in [3.05, 3.63) is 86.5 Å². The fourth-order valence-corrected chi connectivity index (χ4v) is 3.95. The lowest BCUT2D eigenvalue weighted by molar-refractivity contribution is -0.113. The van der Waals surface area contributed by atoms with Gasteiger partial charge in [0.25, 0.3) is 0 Å². The molecule has 1 aromatic rings. The minimum absolute atomic E-state index is 0.00818. The van der Waals surface area contributed by atoms with Crippen LogP contribution in [0.5, 0.6) is 0 Å². The summed E-state index contributed by atoms with van der Waals surface area (Å²) < 4.78 is 6.11. The topological polar surface area (TPSA) is 62.4 Å². The number of allylic oxidation sites excluding steroid dienone is 5. The molecule has 2 aliphatic rings. The zero-order valence-electron chi connectivity index (χ0n) is 18.2. The molecule has 4 nitrogen and oxygen atoms in total. The third-order valence-corrected chi connectivity index (χ3v) is 5.35. The van der Waals surface area contributed by atoms with E-state index in [0.717, 1.165) is 40.0 Å². The van der Waals surface area contributed by atoms with Gasteiger partial charge in [-0.15, -0.1) is 0 Å². The molecule has 1 heterocycles. The van der Waals surface area contributed by atoms with Crippen molar-refractivity contribution in [2.24, 2.45) is 4.99 Å². The molecule has 0 bridgehead atoms. The number of aliphatic imine (C=N–C) groups is 1. The number of benzene rings is 1. The normalized spacial score (nSPS) is 18.2. The SMILES string of the molecule is CCCOC1=C=CC=C(C)C2=C1C(c1ccc(C#N)cc1C)C(C(C)=O)=C(C)C=N2. The third kappa shape index (κ3) is 3.99. The lowest BCUT2D eigenvalue weighted by Gasteiger charge is -2.26. The maximum atomic E-state index is 12.9. The van der Waals surface area contributed by atoms with Crippen LogP contribution in [0.3, 0.4) is 0 Å². The standard InChI is InChI=1S/C26H26N2O2/c1-6-12-30-22-9-7-8-16(2)26-25(22)24(23(19(5)29)18(4)15-28-26)21-11-10-20(14-27)13-17(21)3/h7-8,10-11,13,15,24H,6,12H2,1-5H3. The molecule has 0 amide bonds. The molecule has 1 aromatic carbocycles. The number of nitrogens with zero attached hydrogens (tertiary/aromatic N) is 2. The number of carbonyl (C=O) groups excluding carboxylic acids is 1. The van der Waals surface area contributed by atoms with Crippen LogP contribution in [-0.4, -0.2) is 18.6 Å². The minimum atomic E-state index is -0.359. The van der Waals surface area contributed by atoms with Crippen LogP contribution in [0.1, 0.15) is 56.7 Å². The molecule has 0 N–H and O–H groups in total. The summed E-state index contributed by atoms with van der Waals surface area (Å²) in [5, 5.41) is 9.30. The molecule has 1 atom stereocenters. The maximum Gasteiger partial charge on any atom is 0.168 e. The van der Waals surface area contributed by atoms with Crippen LogP contribution in [0, 0.1) is 18.3 Å². The summed E-state index contributed by atoms with van der Waals surface area (Å²) in [5.41, 5.74) is 9.91. The van der Waals surface area contributed by atoms with Crippen LogP contribution in [-0.2, 0) is 9.53 Å². The Morgan fingerprint density at radius 3 is 2.70 bits per heavy atom. The van der Waals surface area contributed by atoms with Gasteiger partial charge in [-0.2, -0.15) is 5.26 Å². The van der Waals surface area contributed by atoms with Crippen molar-refractivity contribution in [1.82, 2.24) is 0 Å². The molecule has 0 fully saturated rings. The van der Waals surface area contributed by atoms with E-state index >= 15 is 0 Å². The summed E-state index contributed by atoms with van der Waals surface area (Å²) in [6.07, 6.45) is 6.44. The zero-order chi connectivity index (χ0) is 21.8. The highest BCUT2D eigenvalue weighted by molar-refractivity contribution is 6.02. The molecule has 0 radical (unpaired) electrons. The molecule has 30 heavy (non-hydrogen) atoms. The van der Waals surface area contributed by atoms with E-state index in [1.165, 1.54) is 0 Å². The number of ketones is 1. The molecule has 1 unspecified atom stereocenters. The molecule has 0 saturated carbocycles. The Balaban J connectivity index is 2.37. The average molecular weight is 399 g/mol. The van der Waals surface area contributed by atoms with E-state index in [9.17, 15) is 10.1 Å². The largest absolute Gasteiger partial charge is 0.486 e. The van der Waals surface area contributed by atoms with Crippen LogP contribution < -0.4 is 0 Å². The van der Waals surface area contributed by atoms with Gasteiger partial charge in [0, 0.05) is 23.3 Å². The van der Waals surface area contributed by atoms with Crippen molar-refractivity contribution < 1.29 is 9.53 Å². The first kappa shape index (κ1) is 21.3. The van der Waals surface area contributed by atoms with E-state index in [4.69, 9.17) is 9.73 Å². The van der Waals surface area contributed by atoms with Crippen LogP contribution in [0.15, 0.2) is 74.8 Å². The summed E-state index contributed by atoms with van der Waals surface area (Å²) in [4.78, 5) is 17.6. The highest BCUT2D eigenvalue weighted by Crippen LogP contribution is 2.44. The van der Waals surface area contributed by atoms with Crippen LogP contribution >= 0.6 is 0 Å². The molecular weight excluding hydrogens is 372 g/mol. The predicted octanol–water partition coefficient (Wildman–Crippen LogP) is 5.62. The number of Topliss-reactive ketones (excluding diaryl/α,β-unsaturated/α-hetero) is 1. The Morgan fingerprint density at radius 2 is 2.07 bits per heavy atom. The lowest BCUT2D eigenvalue weighted by atomic mass is 9.77. The Labute approximate surface area is 178 Å². The van der Waals surface area contributed by atoms with Crippen LogP contribution in [0.2, 0.25) is 0 Å². The first-order chi connectivity index (χ1) is 14.4. The molecule has 4 heteroatoms. The van der Waals surface area contributed by atoms with Gasteiger partial charge in [-0.3, -0.25) is 9.79 Å². The van der Waals surface area contributed by atoms with E-state index < -0.39 is 0 Å². The van der Waals surface area contributed by atoms with Gasteiger partial charge in [-0.1, -0.05) is 18.7 Å². The van der Waals surface area contributed by atoms with Gasteiger partial charge in [0.15, 0.2) is 11.5 Å². The molecule has 1 aliphatic carbocycles. The first-order valence-corrected chi connectivity index (χ1v) is 10.2. The van der Waals surface area contributed by atoms with E-state index in [0.29, 0.717) is 23.5 Å². The summed E-state index contributed by atoms with van der Waals surface area (Å²) in [6.45, 7) is 10.1. The lowest BCUT2D eigenvalue weighted by Crippen LogP contribution is -2.18. The Hall–Kier alpha value is -3.41. The molecule has 1 aliphatic heterocycles. The second-order valence-electron chi connectivity index (χ2n) is 7.63. The van der Waals surface area contributed by atoms with E-state index in [1.807, 2.05) is 45.1 Å². The molecule has 0 spiro atoms. The number of aryl methyl sites for hydroxylation is 1. The van der Waals surface area contributed by atoms with Crippen molar-refractivity contribution >= 4 is 12.0 Å². The van der Waals surface area contributed by atoms with Crippen LogP contribution in [0.4, 0.5) is 0 Å². The van der Waals surface area contributed by atoms with Gasteiger partial charge in [-0.25, -0.2) is 0 Å². The number of nitriles is 1. The molecule has 0 aromatic heterocycles. The summed E-state index contributed by atoms with van der Waals surface area (Å²) >= 11 is 0. The van der Waals surface area contributed by atoms with Gasteiger partial charge >= 0.3 is 0 Å². The highest BCUT2D eigenvalue weighted by Gasteiger charge is 2.34. The first-order valence-electron chi connectivity index (χ1n) is 10.2. The second-order valence-corrected chi connectivity index (χ2v) is 7.63. The van der Waals surface area contributed by atoms with Crippen molar-refractivity contribution in [2.75, 3.05) is 6.61 Å². The third-order valence-electron chi connectivity index (χ3n) is 5.35. The number of hydrogen-bond donors (Lipinski definition) is 0. The Kier molecular flexibility index (Phi) is 6.35. The van der Waals surface area contributed by atoms with Gasteiger partial charge in [-0.05, 0) is 80.7 Å². The van der Waals surface area contributed by atoms with E-state index in [2.05, 4.69) is 18.7 Å². The van der Waals surface area contributed by atoms with Gasteiger partial charge in [0.05, 0.1) is 23.9 Å². The van der Waals surface area contributed by atoms with Gasteiger partial charge in [0.1, 0.15) is 0 Å². The fraction of sp³-hybridized carbons (Fsp3) is 0.308. The maximum absolute atomic E-state index is 12.9. The van der Waals surface area contributed by atoms with Crippen molar-refractivity contribution in [3.8, 4) is 6.07 Å². The zero-order valence-corrected chi connectivity index (χ0v) is 18.2. The number of carbonyl (C=O) groups is 1. The van der Waals surface area contributed by atoms with Crippen molar-refractivity contribution in [2.45, 2.75) is 47.0 Å². The van der Waals surface area contributed by atoms with E-state index in [-0.39, 0.29) is 11.7 Å². The fourth-order valence-electron chi connectivity index (χ4n) is 3.95. The molecule has 0 saturated heterocycles. The minimum Gasteiger partial charge on any atom is -0.486 e. The Morgan fingerprint density at radius 1 is 1.30 bits per heavy atom.